The van der Waals surface area contributed by atoms with Crippen LogP contribution < -0.4 is 0 Å². The zero-order valence-corrected chi connectivity index (χ0v) is 21.4. The topological polar surface area (TPSA) is 0 Å². The second-order valence-electron chi connectivity index (χ2n) is 10.7. The van der Waals surface area contributed by atoms with Gasteiger partial charge in [-0.2, -0.15) is 0 Å². The molecule has 0 fully saturated rings. The minimum Gasteiger partial charge on any atom is -0.0724 e. The van der Waals surface area contributed by atoms with E-state index in [0.717, 1.165) is 6.42 Å². The molecule has 178 valence electrons. The standard InChI is InChI=1S/C37H30/c1-25-22-26(2)36-33-21-20-28(32-19-11-13-27-12-9-10-18-31(27)32)24-34(33)37(35(36)23-25,29-14-5-3-6-15-29)30-16-7-4-8-17-30/h3-21,23-24,26H,22H2,1-2H3. The zero-order valence-electron chi connectivity index (χ0n) is 21.4. The summed E-state index contributed by atoms with van der Waals surface area (Å²) in [4.78, 5) is 0. The Morgan fingerprint density at radius 1 is 0.649 bits per heavy atom. The minimum atomic E-state index is -0.344. The van der Waals surface area contributed by atoms with Crippen molar-refractivity contribution < 1.29 is 0 Å². The summed E-state index contributed by atoms with van der Waals surface area (Å²) in [5.74, 6) is 0.483. The van der Waals surface area contributed by atoms with Gasteiger partial charge in [0.25, 0.3) is 0 Å². The Hall–Kier alpha value is -4.16. The van der Waals surface area contributed by atoms with Crippen LogP contribution in [0.2, 0.25) is 0 Å². The lowest BCUT2D eigenvalue weighted by molar-refractivity contribution is 0.700. The van der Waals surface area contributed by atoms with Gasteiger partial charge in [-0.3, -0.25) is 0 Å². The van der Waals surface area contributed by atoms with Gasteiger partial charge in [0.1, 0.15) is 0 Å². The van der Waals surface area contributed by atoms with Crippen molar-refractivity contribution in [3.8, 4) is 11.1 Å². The first kappa shape index (κ1) is 22.1. The normalized spacial score (nSPS) is 17.9. The van der Waals surface area contributed by atoms with Crippen LogP contribution in [0.4, 0.5) is 0 Å². The molecule has 0 heteroatoms. The Labute approximate surface area is 219 Å². The highest BCUT2D eigenvalue weighted by atomic mass is 14.5. The Morgan fingerprint density at radius 2 is 1.30 bits per heavy atom. The van der Waals surface area contributed by atoms with E-state index in [1.54, 1.807) is 0 Å². The lowest BCUT2D eigenvalue weighted by Crippen LogP contribution is -2.30. The van der Waals surface area contributed by atoms with Crippen LogP contribution in [0.15, 0.2) is 139 Å². The SMILES string of the molecule is CC1=CC2=C(c3ccc(-c4cccc5ccccc45)cc3C2(c2ccccc2)c2ccccc2)C(C)C1. The summed E-state index contributed by atoms with van der Waals surface area (Å²) >= 11 is 0. The Balaban J connectivity index is 1.60. The largest absolute Gasteiger partial charge is 0.0724 e. The Morgan fingerprint density at radius 3 is 2.03 bits per heavy atom. The molecule has 0 aromatic heterocycles. The van der Waals surface area contributed by atoms with Crippen LogP contribution in [0.25, 0.3) is 27.5 Å². The maximum absolute atomic E-state index is 2.49. The Bertz CT molecular complexity index is 1660. The van der Waals surface area contributed by atoms with E-state index < -0.39 is 0 Å². The van der Waals surface area contributed by atoms with E-state index in [-0.39, 0.29) is 5.41 Å². The molecular formula is C37H30. The van der Waals surface area contributed by atoms with Crippen molar-refractivity contribution >= 4 is 16.3 Å². The molecule has 0 amide bonds. The molecule has 0 radical (unpaired) electrons. The van der Waals surface area contributed by atoms with Gasteiger partial charge in [0, 0.05) is 0 Å². The molecule has 37 heavy (non-hydrogen) atoms. The van der Waals surface area contributed by atoms with Gasteiger partial charge in [-0.1, -0.05) is 134 Å². The summed E-state index contributed by atoms with van der Waals surface area (Å²) < 4.78 is 0. The fraction of sp³-hybridized carbons (Fsp3) is 0.135. The number of allylic oxidation sites excluding steroid dienone is 4. The number of hydrogen-bond donors (Lipinski definition) is 0. The van der Waals surface area contributed by atoms with Gasteiger partial charge in [0.05, 0.1) is 5.41 Å². The molecule has 1 unspecified atom stereocenters. The second-order valence-corrected chi connectivity index (χ2v) is 10.7. The molecular weight excluding hydrogens is 444 g/mol. The third-order valence-corrected chi connectivity index (χ3v) is 8.43. The fourth-order valence-electron chi connectivity index (χ4n) is 7.00. The van der Waals surface area contributed by atoms with Crippen LogP contribution in [0.5, 0.6) is 0 Å². The van der Waals surface area contributed by atoms with Crippen LogP contribution in [-0.2, 0) is 5.41 Å². The van der Waals surface area contributed by atoms with Gasteiger partial charge in [-0.15, -0.1) is 0 Å². The molecule has 0 saturated carbocycles. The minimum absolute atomic E-state index is 0.344. The predicted octanol–water partition coefficient (Wildman–Crippen LogP) is 9.59. The second kappa shape index (κ2) is 8.46. The smallest absolute Gasteiger partial charge is 0.0710 e. The maximum Gasteiger partial charge on any atom is 0.0710 e. The third-order valence-electron chi connectivity index (χ3n) is 8.43. The van der Waals surface area contributed by atoms with E-state index in [0.29, 0.717) is 5.92 Å². The van der Waals surface area contributed by atoms with E-state index in [1.165, 1.54) is 60.9 Å². The lowest BCUT2D eigenvalue weighted by atomic mass is 9.65. The number of benzene rings is 5. The highest BCUT2D eigenvalue weighted by molar-refractivity contribution is 5.98. The van der Waals surface area contributed by atoms with E-state index >= 15 is 0 Å². The maximum atomic E-state index is 2.49. The van der Waals surface area contributed by atoms with Crippen LogP contribution >= 0.6 is 0 Å². The summed E-state index contributed by atoms with van der Waals surface area (Å²) in [6, 6.07) is 44.9. The predicted molar refractivity (Wildman–Crippen MR) is 157 cm³/mol. The Kier molecular flexibility index (Phi) is 5.04. The molecule has 0 heterocycles. The summed E-state index contributed by atoms with van der Waals surface area (Å²) in [5.41, 5.74) is 12.1. The van der Waals surface area contributed by atoms with Crippen LogP contribution in [0, 0.1) is 5.92 Å². The van der Waals surface area contributed by atoms with E-state index in [2.05, 4.69) is 141 Å². The third kappa shape index (κ3) is 3.22. The average Bonchev–Trinajstić information content (AvgIpc) is 3.24. The van der Waals surface area contributed by atoms with Gasteiger partial charge >= 0.3 is 0 Å². The molecule has 2 aliphatic rings. The molecule has 2 aliphatic carbocycles. The molecule has 7 rings (SSSR count). The highest BCUT2D eigenvalue weighted by Gasteiger charge is 2.48. The molecule has 0 nitrogen and oxygen atoms in total. The molecule has 0 N–H and O–H groups in total. The fourth-order valence-corrected chi connectivity index (χ4v) is 7.00. The molecule has 1 atom stereocenters. The molecule has 5 aromatic rings. The van der Waals surface area contributed by atoms with Gasteiger partial charge in [0.2, 0.25) is 0 Å². The van der Waals surface area contributed by atoms with Crippen molar-refractivity contribution in [2.45, 2.75) is 25.7 Å². The van der Waals surface area contributed by atoms with Gasteiger partial charge in [-0.05, 0) is 80.6 Å². The quantitative estimate of drug-likeness (QED) is 0.244. The van der Waals surface area contributed by atoms with Gasteiger partial charge < -0.3 is 0 Å². The van der Waals surface area contributed by atoms with Crippen molar-refractivity contribution in [2.24, 2.45) is 5.92 Å². The van der Waals surface area contributed by atoms with Crippen LogP contribution in [0.3, 0.4) is 0 Å². The number of fused-ring (bicyclic) bond motifs is 3. The average molecular weight is 475 g/mol. The van der Waals surface area contributed by atoms with E-state index in [1.807, 2.05) is 0 Å². The first-order chi connectivity index (χ1) is 18.2. The van der Waals surface area contributed by atoms with E-state index in [9.17, 15) is 0 Å². The molecule has 0 saturated heterocycles. The van der Waals surface area contributed by atoms with Crippen molar-refractivity contribution in [3.63, 3.8) is 0 Å². The molecule has 0 bridgehead atoms. The molecule has 0 aliphatic heterocycles. The number of rotatable bonds is 3. The highest BCUT2D eigenvalue weighted by Crippen LogP contribution is 2.59. The summed E-state index contributed by atoms with van der Waals surface area (Å²) in [6.45, 7) is 4.70. The molecule has 0 spiro atoms. The van der Waals surface area contributed by atoms with Crippen molar-refractivity contribution in [2.75, 3.05) is 0 Å². The van der Waals surface area contributed by atoms with Crippen LogP contribution in [-0.4, -0.2) is 0 Å². The van der Waals surface area contributed by atoms with E-state index in [4.69, 9.17) is 0 Å². The lowest BCUT2D eigenvalue weighted by Gasteiger charge is -2.36. The zero-order chi connectivity index (χ0) is 25.0. The summed E-state index contributed by atoms with van der Waals surface area (Å²) in [5, 5.41) is 2.58. The van der Waals surface area contributed by atoms with Gasteiger partial charge in [0.15, 0.2) is 0 Å². The summed E-state index contributed by atoms with van der Waals surface area (Å²) in [7, 11) is 0. The van der Waals surface area contributed by atoms with Gasteiger partial charge in [-0.25, -0.2) is 0 Å². The monoisotopic (exact) mass is 474 g/mol. The van der Waals surface area contributed by atoms with Crippen molar-refractivity contribution in [1.82, 2.24) is 0 Å². The first-order valence-corrected chi connectivity index (χ1v) is 13.3. The number of hydrogen-bond acceptors (Lipinski definition) is 0. The van der Waals surface area contributed by atoms with Crippen LogP contribution in [0.1, 0.15) is 42.5 Å². The van der Waals surface area contributed by atoms with Crippen molar-refractivity contribution in [1.29, 1.82) is 0 Å². The van der Waals surface area contributed by atoms with Crippen molar-refractivity contribution in [3.05, 3.63) is 161 Å². The molecule has 5 aromatic carbocycles. The first-order valence-electron chi connectivity index (χ1n) is 13.3. The summed E-state index contributed by atoms with van der Waals surface area (Å²) in [6.07, 6.45) is 3.61.